The highest BCUT2D eigenvalue weighted by Crippen LogP contribution is 2.32. The number of Topliss-reactive ketones (excluding diaryl/α,β-unsaturated/α-hetero) is 1. The number of hydrogen-bond acceptors (Lipinski definition) is 2. The van der Waals surface area contributed by atoms with Crippen molar-refractivity contribution < 1.29 is 4.79 Å². The summed E-state index contributed by atoms with van der Waals surface area (Å²) in [6.07, 6.45) is 4.75. The maximum Gasteiger partial charge on any atom is 0.162 e. The van der Waals surface area contributed by atoms with Gasteiger partial charge in [0.05, 0.1) is 0 Å². The fraction of sp³-hybridized carbons (Fsp3) is 0.364. The number of hydrogen-bond donors (Lipinski definition) is 0. The third-order valence-corrected chi connectivity index (χ3v) is 6.83. The molecule has 2 heteroatoms. The average molecular weight is 466 g/mol. The molecule has 0 unspecified atom stereocenters. The first-order valence-corrected chi connectivity index (χ1v) is 13.1. The molecule has 0 bridgehead atoms. The molecule has 0 aromatic heterocycles. The van der Waals surface area contributed by atoms with Gasteiger partial charge < -0.3 is 4.90 Å². The van der Waals surface area contributed by atoms with E-state index in [1.165, 1.54) is 22.3 Å². The van der Waals surface area contributed by atoms with E-state index in [4.69, 9.17) is 0 Å². The molecule has 3 aromatic carbocycles. The number of carbonyl (C=O) groups excluding carboxylic acids is 1. The molecule has 35 heavy (non-hydrogen) atoms. The van der Waals surface area contributed by atoms with Gasteiger partial charge in [0.25, 0.3) is 0 Å². The van der Waals surface area contributed by atoms with Crippen LogP contribution >= 0.6 is 0 Å². The van der Waals surface area contributed by atoms with Gasteiger partial charge in [-0.3, -0.25) is 4.79 Å². The van der Waals surface area contributed by atoms with Gasteiger partial charge >= 0.3 is 0 Å². The Hall–Kier alpha value is -2.97. The second kappa shape index (κ2) is 11.6. The lowest BCUT2D eigenvalue weighted by Crippen LogP contribution is -2.32. The van der Waals surface area contributed by atoms with Crippen LogP contribution in [0.15, 0.2) is 90.5 Å². The SMILES string of the molecule is CC(C)(C)Cc1ccc(C(=O)CCCN2CCC(=C(c3ccccc3)c3ccccc3)CC2)cc1. The highest BCUT2D eigenvalue weighted by Gasteiger charge is 2.19. The summed E-state index contributed by atoms with van der Waals surface area (Å²) < 4.78 is 0. The second-order valence-electron chi connectivity index (χ2n) is 11.0. The molecular weight excluding hydrogens is 426 g/mol. The minimum atomic E-state index is 0.262. The van der Waals surface area contributed by atoms with E-state index >= 15 is 0 Å². The van der Waals surface area contributed by atoms with Gasteiger partial charge in [-0.05, 0) is 59.9 Å². The van der Waals surface area contributed by atoms with Crippen molar-refractivity contribution in [3.05, 3.63) is 113 Å². The van der Waals surface area contributed by atoms with Crippen LogP contribution < -0.4 is 0 Å². The van der Waals surface area contributed by atoms with E-state index < -0.39 is 0 Å². The van der Waals surface area contributed by atoms with Crippen LogP contribution in [0.2, 0.25) is 0 Å². The number of piperidine rings is 1. The van der Waals surface area contributed by atoms with Crippen LogP contribution in [0.5, 0.6) is 0 Å². The quantitative estimate of drug-likeness (QED) is 0.316. The predicted octanol–water partition coefficient (Wildman–Crippen LogP) is 7.84. The van der Waals surface area contributed by atoms with Crippen molar-refractivity contribution in [2.24, 2.45) is 5.41 Å². The Balaban J connectivity index is 1.31. The maximum atomic E-state index is 12.7. The van der Waals surface area contributed by atoms with E-state index in [9.17, 15) is 4.79 Å². The Morgan fingerprint density at radius 3 is 1.80 bits per heavy atom. The Morgan fingerprint density at radius 1 is 0.743 bits per heavy atom. The van der Waals surface area contributed by atoms with Crippen molar-refractivity contribution in [1.82, 2.24) is 4.90 Å². The third-order valence-electron chi connectivity index (χ3n) is 6.83. The normalized spacial score (nSPS) is 14.7. The molecule has 0 atom stereocenters. The van der Waals surface area contributed by atoms with E-state index in [1.807, 2.05) is 12.1 Å². The summed E-state index contributed by atoms with van der Waals surface area (Å²) in [4.78, 5) is 15.2. The number of carbonyl (C=O) groups is 1. The first kappa shape index (κ1) is 25.1. The van der Waals surface area contributed by atoms with Crippen molar-refractivity contribution >= 4 is 11.4 Å². The largest absolute Gasteiger partial charge is 0.303 e. The number of ketones is 1. The maximum absolute atomic E-state index is 12.7. The number of likely N-dealkylation sites (tertiary alicyclic amines) is 1. The van der Waals surface area contributed by atoms with E-state index in [2.05, 4.69) is 98.5 Å². The zero-order valence-electron chi connectivity index (χ0n) is 21.6. The summed E-state index contributed by atoms with van der Waals surface area (Å²) in [6, 6.07) is 29.8. The van der Waals surface area contributed by atoms with Crippen LogP contribution in [0.4, 0.5) is 0 Å². The summed E-state index contributed by atoms with van der Waals surface area (Å²) in [7, 11) is 0. The lowest BCUT2D eigenvalue weighted by Gasteiger charge is -2.30. The van der Waals surface area contributed by atoms with Gasteiger partial charge in [0.2, 0.25) is 0 Å². The summed E-state index contributed by atoms with van der Waals surface area (Å²) in [5.74, 6) is 0.264. The molecule has 0 spiro atoms. The second-order valence-corrected chi connectivity index (χ2v) is 11.0. The molecule has 0 N–H and O–H groups in total. The Kier molecular flexibility index (Phi) is 8.36. The number of rotatable bonds is 8. The molecule has 0 amide bonds. The lowest BCUT2D eigenvalue weighted by molar-refractivity contribution is 0.0974. The predicted molar refractivity (Wildman–Crippen MR) is 148 cm³/mol. The van der Waals surface area contributed by atoms with Crippen molar-refractivity contribution in [3.8, 4) is 0 Å². The first-order valence-electron chi connectivity index (χ1n) is 13.1. The molecule has 4 rings (SSSR count). The average Bonchev–Trinajstić information content (AvgIpc) is 2.86. The zero-order chi connectivity index (χ0) is 24.7. The van der Waals surface area contributed by atoms with Crippen LogP contribution in [-0.2, 0) is 6.42 Å². The molecule has 0 saturated carbocycles. The van der Waals surface area contributed by atoms with Crippen molar-refractivity contribution in [1.29, 1.82) is 0 Å². The standard InChI is InChI=1S/C33H39NO/c1-33(2,3)25-26-16-18-27(19-17-26)31(35)15-10-22-34-23-20-30(21-24-34)32(28-11-6-4-7-12-28)29-13-8-5-9-14-29/h4-9,11-14,16-19H,10,15,20-25H2,1-3H3. The van der Waals surface area contributed by atoms with Crippen LogP contribution in [-0.4, -0.2) is 30.3 Å². The highest BCUT2D eigenvalue weighted by atomic mass is 16.1. The lowest BCUT2D eigenvalue weighted by atomic mass is 9.87. The van der Waals surface area contributed by atoms with Crippen LogP contribution in [0.25, 0.3) is 5.57 Å². The van der Waals surface area contributed by atoms with E-state index in [0.29, 0.717) is 6.42 Å². The van der Waals surface area contributed by atoms with E-state index in [1.54, 1.807) is 5.57 Å². The van der Waals surface area contributed by atoms with Gasteiger partial charge in [-0.15, -0.1) is 0 Å². The summed E-state index contributed by atoms with van der Waals surface area (Å²) in [5, 5.41) is 0. The van der Waals surface area contributed by atoms with Crippen molar-refractivity contribution in [2.75, 3.05) is 19.6 Å². The molecule has 3 aromatic rings. The molecule has 0 aliphatic carbocycles. The Morgan fingerprint density at radius 2 is 1.29 bits per heavy atom. The van der Waals surface area contributed by atoms with Crippen LogP contribution in [0.1, 0.15) is 73.5 Å². The fourth-order valence-corrected chi connectivity index (χ4v) is 5.11. The number of nitrogens with zero attached hydrogens (tertiary/aromatic N) is 1. The molecule has 1 saturated heterocycles. The Labute approximate surface area is 211 Å². The van der Waals surface area contributed by atoms with Gasteiger partial charge in [0.15, 0.2) is 5.78 Å². The molecule has 1 aliphatic heterocycles. The topological polar surface area (TPSA) is 20.3 Å². The van der Waals surface area contributed by atoms with Crippen LogP contribution in [0.3, 0.4) is 0 Å². The van der Waals surface area contributed by atoms with E-state index in [0.717, 1.165) is 50.9 Å². The summed E-state index contributed by atoms with van der Waals surface area (Å²) in [6.45, 7) is 9.86. The van der Waals surface area contributed by atoms with Crippen LogP contribution in [0, 0.1) is 5.41 Å². The number of benzene rings is 3. The summed E-state index contributed by atoms with van der Waals surface area (Å²) in [5.41, 5.74) is 7.97. The molecule has 182 valence electrons. The first-order chi connectivity index (χ1) is 16.9. The highest BCUT2D eigenvalue weighted by molar-refractivity contribution is 5.96. The monoisotopic (exact) mass is 465 g/mol. The fourth-order valence-electron chi connectivity index (χ4n) is 5.11. The molecular formula is C33H39NO. The molecule has 2 nitrogen and oxygen atoms in total. The molecule has 1 aliphatic rings. The van der Waals surface area contributed by atoms with Gasteiger partial charge in [-0.1, -0.05) is 111 Å². The third kappa shape index (κ3) is 7.26. The molecule has 1 heterocycles. The zero-order valence-corrected chi connectivity index (χ0v) is 21.6. The van der Waals surface area contributed by atoms with Crippen molar-refractivity contribution in [2.45, 2.75) is 52.9 Å². The Bertz CT molecular complexity index is 1070. The van der Waals surface area contributed by atoms with Gasteiger partial charge in [-0.25, -0.2) is 0 Å². The van der Waals surface area contributed by atoms with Crippen molar-refractivity contribution in [3.63, 3.8) is 0 Å². The van der Waals surface area contributed by atoms with Gasteiger partial charge in [-0.2, -0.15) is 0 Å². The summed E-state index contributed by atoms with van der Waals surface area (Å²) >= 11 is 0. The van der Waals surface area contributed by atoms with E-state index in [-0.39, 0.29) is 11.2 Å². The minimum Gasteiger partial charge on any atom is -0.303 e. The minimum absolute atomic E-state index is 0.262. The van der Waals surface area contributed by atoms with Gasteiger partial charge in [0, 0.05) is 25.1 Å². The molecule has 0 radical (unpaired) electrons. The smallest absolute Gasteiger partial charge is 0.162 e. The van der Waals surface area contributed by atoms with Gasteiger partial charge in [0.1, 0.15) is 0 Å². The molecule has 1 fully saturated rings.